The maximum atomic E-state index is 5.52. The summed E-state index contributed by atoms with van der Waals surface area (Å²) in [5, 5.41) is 3.74. The van der Waals surface area contributed by atoms with Crippen molar-refractivity contribution in [2.24, 2.45) is 0 Å². The van der Waals surface area contributed by atoms with Gasteiger partial charge < -0.3 is 15.0 Å². The Morgan fingerprint density at radius 3 is 2.79 bits per heavy atom. The standard InChI is InChI=1S/C25H25N3O/c1-29-25-4-2-3-20-13-21(10-11-22(20)25)26-15-17-5-7-18(8-6-17)19-9-12-23-24(14-19)28-16-27-23/h2-9,12,14,16,21,26H,10-11,13,15H2,1H3,(H,27,28)/t21-/m1/s1. The summed E-state index contributed by atoms with van der Waals surface area (Å²) < 4.78 is 5.52. The van der Waals surface area contributed by atoms with E-state index in [1.165, 1.54) is 27.8 Å². The number of H-pyrrole nitrogens is 1. The SMILES string of the molecule is COc1cccc2c1CC[C@@H](NCc1ccc(-c3ccc4nc[nH]c4c3)cc1)C2. The third-order valence-electron chi connectivity index (χ3n) is 5.96. The van der Waals surface area contributed by atoms with Crippen LogP contribution < -0.4 is 10.1 Å². The number of nitrogens with zero attached hydrogens (tertiary/aromatic N) is 1. The molecule has 0 bridgehead atoms. The summed E-state index contributed by atoms with van der Waals surface area (Å²) in [6.45, 7) is 0.893. The van der Waals surface area contributed by atoms with Crippen LogP contribution in [-0.4, -0.2) is 23.1 Å². The van der Waals surface area contributed by atoms with E-state index in [1.54, 1.807) is 13.4 Å². The van der Waals surface area contributed by atoms with Gasteiger partial charge in [0.05, 0.1) is 24.5 Å². The number of rotatable bonds is 5. The van der Waals surface area contributed by atoms with Crippen molar-refractivity contribution >= 4 is 11.0 Å². The smallest absolute Gasteiger partial charge is 0.122 e. The highest BCUT2D eigenvalue weighted by molar-refractivity contribution is 5.81. The molecule has 1 aromatic heterocycles. The van der Waals surface area contributed by atoms with Gasteiger partial charge in [0.15, 0.2) is 0 Å². The zero-order chi connectivity index (χ0) is 19.6. The molecule has 146 valence electrons. The van der Waals surface area contributed by atoms with Gasteiger partial charge in [-0.1, -0.05) is 42.5 Å². The summed E-state index contributed by atoms with van der Waals surface area (Å²) in [5.74, 6) is 1.03. The highest BCUT2D eigenvalue weighted by Gasteiger charge is 2.20. The Morgan fingerprint density at radius 1 is 1.07 bits per heavy atom. The summed E-state index contributed by atoms with van der Waals surface area (Å²) in [6.07, 6.45) is 5.03. The lowest BCUT2D eigenvalue weighted by molar-refractivity contribution is 0.397. The van der Waals surface area contributed by atoms with Crippen LogP contribution in [0.2, 0.25) is 0 Å². The number of nitrogens with one attached hydrogen (secondary N) is 2. The van der Waals surface area contributed by atoms with E-state index in [0.29, 0.717) is 6.04 Å². The molecule has 0 spiro atoms. The summed E-state index contributed by atoms with van der Waals surface area (Å²) >= 11 is 0. The molecule has 0 saturated carbocycles. The predicted molar refractivity (Wildman–Crippen MR) is 117 cm³/mol. The van der Waals surface area contributed by atoms with Crippen molar-refractivity contribution in [3.63, 3.8) is 0 Å². The first-order valence-electron chi connectivity index (χ1n) is 10.2. The number of hydrogen-bond donors (Lipinski definition) is 2. The molecule has 1 heterocycles. The molecule has 0 unspecified atom stereocenters. The quantitative estimate of drug-likeness (QED) is 0.516. The zero-order valence-electron chi connectivity index (χ0n) is 16.6. The number of methoxy groups -OCH3 is 1. The fourth-order valence-corrected chi connectivity index (χ4v) is 4.33. The van der Waals surface area contributed by atoms with E-state index in [4.69, 9.17) is 4.74 Å². The highest BCUT2D eigenvalue weighted by Crippen LogP contribution is 2.29. The van der Waals surface area contributed by atoms with E-state index in [2.05, 4.69) is 75.9 Å². The van der Waals surface area contributed by atoms with Crippen LogP contribution in [0.4, 0.5) is 0 Å². The van der Waals surface area contributed by atoms with Crippen LogP contribution in [0.25, 0.3) is 22.2 Å². The van der Waals surface area contributed by atoms with E-state index in [9.17, 15) is 0 Å². The van der Waals surface area contributed by atoms with Gasteiger partial charge in [-0.25, -0.2) is 4.98 Å². The lowest BCUT2D eigenvalue weighted by Gasteiger charge is -2.27. The molecule has 0 aliphatic heterocycles. The number of benzene rings is 3. The molecule has 0 amide bonds. The number of imidazole rings is 1. The van der Waals surface area contributed by atoms with Crippen molar-refractivity contribution in [3.05, 3.63) is 83.7 Å². The second-order valence-electron chi connectivity index (χ2n) is 7.75. The third kappa shape index (κ3) is 3.64. The molecule has 1 atom stereocenters. The van der Waals surface area contributed by atoms with Crippen molar-refractivity contribution in [1.82, 2.24) is 15.3 Å². The van der Waals surface area contributed by atoms with Crippen LogP contribution in [-0.2, 0) is 19.4 Å². The Morgan fingerprint density at radius 2 is 1.93 bits per heavy atom. The number of fused-ring (bicyclic) bond motifs is 2. The minimum Gasteiger partial charge on any atom is -0.496 e. The molecule has 3 aromatic carbocycles. The average Bonchev–Trinajstić information content (AvgIpc) is 3.25. The van der Waals surface area contributed by atoms with E-state index >= 15 is 0 Å². The zero-order valence-corrected chi connectivity index (χ0v) is 16.6. The molecule has 4 nitrogen and oxygen atoms in total. The van der Waals surface area contributed by atoms with Crippen LogP contribution in [0.1, 0.15) is 23.1 Å². The van der Waals surface area contributed by atoms with Crippen molar-refractivity contribution in [2.45, 2.75) is 31.8 Å². The van der Waals surface area contributed by atoms with Crippen molar-refractivity contribution in [3.8, 4) is 16.9 Å². The fraction of sp³-hybridized carbons (Fsp3) is 0.240. The number of aromatic nitrogens is 2. The van der Waals surface area contributed by atoms with Gasteiger partial charge in [0.25, 0.3) is 0 Å². The minimum atomic E-state index is 0.511. The van der Waals surface area contributed by atoms with Crippen LogP contribution in [0, 0.1) is 0 Å². The molecule has 0 saturated heterocycles. The normalized spacial score (nSPS) is 16.0. The van der Waals surface area contributed by atoms with Crippen LogP contribution >= 0.6 is 0 Å². The summed E-state index contributed by atoms with van der Waals surface area (Å²) in [7, 11) is 1.76. The Hall–Kier alpha value is -3.11. The van der Waals surface area contributed by atoms with Crippen LogP contribution in [0.5, 0.6) is 5.75 Å². The molecule has 4 aromatic rings. The molecule has 1 aliphatic carbocycles. The summed E-state index contributed by atoms with van der Waals surface area (Å²) in [5.41, 5.74) is 8.61. The van der Waals surface area contributed by atoms with Gasteiger partial charge in [-0.3, -0.25) is 0 Å². The predicted octanol–water partition coefficient (Wildman–Crippen LogP) is 4.89. The van der Waals surface area contributed by atoms with Gasteiger partial charge >= 0.3 is 0 Å². The summed E-state index contributed by atoms with van der Waals surface area (Å²) in [4.78, 5) is 7.47. The molecule has 2 N–H and O–H groups in total. The average molecular weight is 383 g/mol. The number of hydrogen-bond acceptors (Lipinski definition) is 3. The first kappa shape index (κ1) is 18.0. The maximum Gasteiger partial charge on any atom is 0.122 e. The van der Waals surface area contributed by atoms with E-state index < -0.39 is 0 Å². The van der Waals surface area contributed by atoms with Crippen LogP contribution in [0.15, 0.2) is 67.0 Å². The minimum absolute atomic E-state index is 0.511. The Kier molecular flexibility index (Phi) is 4.78. The molecular formula is C25H25N3O. The molecule has 0 radical (unpaired) electrons. The third-order valence-corrected chi connectivity index (χ3v) is 5.96. The molecule has 29 heavy (non-hydrogen) atoms. The topological polar surface area (TPSA) is 49.9 Å². The first-order chi connectivity index (χ1) is 14.3. The summed E-state index contributed by atoms with van der Waals surface area (Å²) in [6, 6.07) is 22.1. The molecule has 1 aliphatic rings. The van der Waals surface area contributed by atoms with Gasteiger partial charge in [-0.2, -0.15) is 0 Å². The van der Waals surface area contributed by atoms with Gasteiger partial charge in [0.1, 0.15) is 5.75 Å². The van der Waals surface area contributed by atoms with Gasteiger partial charge in [-0.05, 0) is 65.3 Å². The Balaban J connectivity index is 1.23. The maximum absolute atomic E-state index is 5.52. The monoisotopic (exact) mass is 383 g/mol. The molecule has 5 rings (SSSR count). The Labute approximate surface area is 171 Å². The highest BCUT2D eigenvalue weighted by atomic mass is 16.5. The van der Waals surface area contributed by atoms with Crippen molar-refractivity contribution in [2.75, 3.05) is 7.11 Å². The second-order valence-corrected chi connectivity index (χ2v) is 7.75. The number of ether oxygens (including phenoxy) is 1. The molecule has 4 heteroatoms. The van der Waals surface area contributed by atoms with Gasteiger partial charge in [0, 0.05) is 12.6 Å². The fourth-order valence-electron chi connectivity index (χ4n) is 4.33. The van der Waals surface area contributed by atoms with E-state index in [0.717, 1.165) is 42.6 Å². The van der Waals surface area contributed by atoms with Gasteiger partial charge in [-0.15, -0.1) is 0 Å². The lowest BCUT2D eigenvalue weighted by Crippen LogP contribution is -2.34. The lowest BCUT2D eigenvalue weighted by atomic mass is 9.87. The van der Waals surface area contributed by atoms with Gasteiger partial charge in [0.2, 0.25) is 0 Å². The largest absolute Gasteiger partial charge is 0.496 e. The first-order valence-corrected chi connectivity index (χ1v) is 10.2. The molecule has 0 fully saturated rings. The molecular weight excluding hydrogens is 358 g/mol. The number of aromatic amines is 1. The van der Waals surface area contributed by atoms with Crippen molar-refractivity contribution < 1.29 is 4.74 Å². The second kappa shape index (κ2) is 7.72. The van der Waals surface area contributed by atoms with Crippen molar-refractivity contribution in [1.29, 1.82) is 0 Å². The van der Waals surface area contributed by atoms with E-state index in [1.807, 2.05) is 0 Å². The van der Waals surface area contributed by atoms with Crippen LogP contribution in [0.3, 0.4) is 0 Å². The van der Waals surface area contributed by atoms with E-state index in [-0.39, 0.29) is 0 Å². The Bertz CT molecular complexity index is 1130.